The summed E-state index contributed by atoms with van der Waals surface area (Å²) in [5.41, 5.74) is 5.50. The molecule has 0 radical (unpaired) electrons. The molecule has 4 N–H and O–H groups in total. The molecule has 0 aliphatic carbocycles. The van der Waals surface area contributed by atoms with Gasteiger partial charge in [-0.25, -0.2) is 4.79 Å². The number of hydrogen-bond acceptors (Lipinski definition) is 5. The molecule has 7 nitrogen and oxygen atoms in total. The Morgan fingerprint density at radius 3 is 1.37 bits per heavy atom. The molecule has 346 valence electrons. The van der Waals surface area contributed by atoms with Gasteiger partial charge in [-0.15, -0.1) is 0 Å². The molecule has 0 rings (SSSR count). The molecule has 0 saturated heterocycles. The fourth-order valence-electron chi connectivity index (χ4n) is 7.26. The molecule has 0 fully saturated rings. The van der Waals surface area contributed by atoms with Crippen LogP contribution in [0, 0.1) is 0 Å². The van der Waals surface area contributed by atoms with Crippen molar-refractivity contribution in [3.8, 4) is 0 Å². The van der Waals surface area contributed by atoms with Crippen LogP contribution in [0.2, 0.25) is 0 Å². The van der Waals surface area contributed by atoms with Crippen LogP contribution < -0.4 is 11.1 Å². The molecule has 0 spiro atoms. The molecular formula is C53H94N2O5. The molecule has 60 heavy (non-hydrogen) atoms. The number of allylic oxidation sites excluding steroid dienone is 10. The SMILES string of the molecule is CCCCCCC/C=C\C/C=C\C/C=C\CCCCCCCCC(=O)OC(CCC/C=C\C/C=C\CCCCCCC)CCCCCCCC(=O)NC(CCCN)C(=O)O. The second kappa shape index (κ2) is 47.1. The number of carboxylic acid groups (broad SMARTS) is 1. The van der Waals surface area contributed by atoms with Crippen molar-refractivity contribution in [1.82, 2.24) is 5.32 Å². The number of ether oxygens (including phenoxy) is 1. The lowest BCUT2D eigenvalue weighted by atomic mass is 10.0. The summed E-state index contributed by atoms with van der Waals surface area (Å²) >= 11 is 0. The van der Waals surface area contributed by atoms with Gasteiger partial charge in [-0.2, -0.15) is 0 Å². The van der Waals surface area contributed by atoms with Crippen LogP contribution in [0.5, 0.6) is 0 Å². The Kier molecular flexibility index (Phi) is 44.8. The number of amides is 1. The predicted octanol–water partition coefficient (Wildman–Crippen LogP) is 14.9. The highest BCUT2D eigenvalue weighted by Gasteiger charge is 2.19. The van der Waals surface area contributed by atoms with Crippen molar-refractivity contribution in [3.63, 3.8) is 0 Å². The zero-order valence-electron chi connectivity index (χ0n) is 39.0. The third-order valence-electron chi connectivity index (χ3n) is 11.1. The van der Waals surface area contributed by atoms with E-state index in [4.69, 9.17) is 10.5 Å². The normalized spacial score (nSPS) is 13.1. The first kappa shape index (κ1) is 57.1. The second-order valence-corrected chi connectivity index (χ2v) is 16.9. The highest BCUT2D eigenvalue weighted by molar-refractivity contribution is 5.83. The van der Waals surface area contributed by atoms with Crippen LogP contribution >= 0.6 is 0 Å². The molecule has 0 saturated carbocycles. The summed E-state index contributed by atoms with van der Waals surface area (Å²) in [7, 11) is 0. The van der Waals surface area contributed by atoms with E-state index in [0.29, 0.717) is 32.2 Å². The molecule has 7 heteroatoms. The summed E-state index contributed by atoms with van der Waals surface area (Å²) < 4.78 is 6.05. The molecule has 2 unspecified atom stereocenters. The first-order valence-corrected chi connectivity index (χ1v) is 25.1. The van der Waals surface area contributed by atoms with Gasteiger partial charge in [0, 0.05) is 12.8 Å². The smallest absolute Gasteiger partial charge is 0.326 e. The maximum Gasteiger partial charge on any atom is 0.326 e. The van der Waals surface area contributed by atoms with E-state index in [1.807, 2.05) is 0 Å². The third-order valence-corrected chi connectivity index (χ3v) is 11.1. The molecule has 2 atom stereocenters. The Bertz CT molecular complexity index is 1130. The number of unbranched alkanes of at least 4 members (excludes halogenated alkanes) is 21. The van der Waals surface area contributed by atoms with E-state index in [1.54, 1.807) is 0 Å². The number of nitrogens with two attached hydrogens (primary N) is 1. The zero-order valence-corrected chi connectivity index (χ0v) is 39.0. The van der Waals surface area contributed by atoms with Gasteiger partial charge in [0.05, 0.1) is 0 Å². The van der Waals surface area contributed by atoms with Gasteiger partial charge in [-0.05, 0) is 122 Å². The maximum atomic E-state index is 12.9. The van der Waals surface area contributed by atoms with Crippen LogP contribution in [0.3, 0.4) is 0 Å². The molecule has 0 aromatic heterocycles. The summed E-state index contributed by atoms with van der Waals surface area (Å²) in [5.74, 6) is -1.27. The molecular weight excluding hydrogens is 745 g/mol. The van der Waals surface area contributed by atoms with Crippen molar-refractivity contribution in [3.05, 3.63) is 60.8 Å². The second-order valence-electron chi connectivity index (χ2n) is 16.9. The number of carbonyl (C=O) groups excluding carboxylic acids is 2. The zero-order chi connectivity index (χ0) is 43.8. The lowest BCUT2D eigenvalue weighted by Gasteiger charge is -2.18. The monoisotopic (exact) mass is 839 g/mol. The van der Waals surface area contributed by atoms with Crippen molar-refractivity contribution in [1.29, 1.82) is 0 Å². The van der Waals surface area contributed by atoms with E-state index in [9.17, 15) is 19.5 Å². The van der Waals surface area contributed by atoms with E-state index in [-0.39, 0.29) is 18.0 Å². The fraction of sp³-hybridized carbons (Fsp3) is 0.755. The van der Waals surface area contributed by atoms with Crippen LogP contribution in [0.4, 0.5) is 0 Å². The van der Waals surface area contributed by atoms with Crippen LogP contribution in [-0.4, -0.2) is 41.6 Å². The van der Waals surface area contributed by atoms with Crippen LogP contribution in [-0.2, 0) is 19.1 Å². The van der Waals surface area contributed by atoms with E-state index >= 15 is 0 Å². The fourth-order valence-corrected chi connectivity index (χ4v) is 7.26. The molecule has 0 bridgehead atoms. The van der Waals surface area contributed by atoms with E-state index in [2.05, 4.69) is 79.9 Å². The number of esters is 1. The minimum Gasteiger partial charge on any atom is -0.480 e. The summed E-state index contributed by atoms with van der Waals surface area (Å²) in [6, 6.07) is -0.865. The van der Waals surface area contributed by atoms with Gasteiger partial charge in [0.1, 0.15) is 12.1 Å². The number of hydrogen-bond donors (Lipinski definition) is 3. The molecule has 0 aliphatic rings. The average Bonchev–Trinajstić information content (AvgIpc) is 3.23. The molecule has 0 aliphatic heterocycles. The van der Waals surface area contributed by atoms with Crippen molar-refractivity contribution >= 4 is 17.8 Å². The number of carbonyl (C=O) groups is 3. The minimum atomic E-state index is -1.01. The summed E-state index contributed by atoms with van der Waals surface area (Å²) in [6.45, 7) is 4.93. The third kappa shape index (κ3) is 43.2. The molecule has 0 heterocycles. The highest BCUT2D eigenvalue weighted by atomic mass is 16.5. The quantitative estimate of drug-likeness (QED) is 0.0319. The van der Waals surface area contributed by atoms with Crippen LogP contribution in [0.25, 0.3) is 0 Å². The molecule has 0 aromatic carbocycles. The van der Waals surface area contributed by atoms with Crippen molar-refractivity contribution in [2.45, 2.75) is 251 Å². The lowest BCUT2D eigenvalue weighted by molar-refractivity contribution is -0.150. The van der Waals surface area contributed by atoms with Gasteiger partial charge in [0.15, 0.2) is 0 Å². The number of aliphatic carboxylic acids is 1. The van der Waals surface area contributed by atoms with E-state index in [1.165, 1.54) is 103 Å². The lowest BCUT2D eigenvalue weighted by Crippen LogP contribution is -2.40. The molecule has 0 aromatic rings. The van der Waals surface area contributed by atoms with Crippen LogP contribution in [0.15, 0.2) is 60.8 Å². The topological polar surface area (TPSA) is 119 Å². The Morgan fingerprint density at radius 1 is 0.483 bits per heavy atom. The average molecular weight is 839 g/mol. The Balaban J connectivity index is 4.35. The summed E-state index contributed by atoms with van der Waals surface area (Å²) in [5, 5.41) is 12.0. The van der Waals surface area contributed by atoms with Gasteiger partial charge < -0.3 is 20.9 Å². The predicted molar refractivity (Wildman–Crippen MR) is 257 cm³/mol. The van der Waals surface area contributed by atoms with Crippen molar-refractivity contribution in [2.75, 3.05) is 6.54 Å². The van der Waals surface area contributed by atoms with Crippen LogP contribution in [0.1, 0.15) is 239 Å². The van der Waals surface area contributed by atoms with Gasteiger partial charge >= 0.3 is 11.9 Å². The number of nitrogens with one attached hydrogen (secondary N) is 1. The van der Waals surface area contributed by atoms with Gasteiger partial charge in [0.25, 0.3) is 0 Å². The number of carboxylic acids is 1. The van der Waals surface area contributed by atoms with Gasteiger partial charge in [-0.3, -0.25) is 9.59 Å². The van der Waals surface area contributed by atoms with Crippen molar-refractivity contribution in [2.24, 2.45) is 5.73 Å². The van der Waals surface area contributed by atoms with Gasteiger partial charge in [0.2, 0.25) is 5.91 Å². The Hall–Kier alpha value is -2.93. The summed E-state index contributed by atoms with van der Waals surface area (Å²) in [6.07, 6.45) is 59.9. The van der Waals surface area contributed by atoms with Crippen molar-refractivity contribution < 1.29 is 24.2 Å². The first-order valence-electron chi connectivity index (χ1n) is 25.1. The number of rotatable bonds is 45. The standard InChI is InChI=1S/C53H94N2O5/c1-3-5-7-9-11-13-15-17-18-19-20-21-22-23-24-26-28-30-32-37-41-47-52(57)60-49(43-38-34-31-29-27-25-16-14-12-10-8-6-4-2)44-39-35-33-36-40-46-51(56)55-50(53(58)59)45-42-48-54/h15-17,19-20,22-23,25,29,31,49-50H,3-14,18,21,24,26-28,30,32-48,54H2,1-2H3,(H,55,56)(H,58,59)/b17-15-,20-19-,23-22-,25-16-,31-29-. The maximum absolute atomic E-state index is 12.9. The van der Waals surface area contributed by atoms with Gasteiger partial charge in [-0.1, -0.05) is 171 Å². The largest absolute Gasteiger partial charge is 0.480 e. The Labute approximate surface area is 370 Å². The Morgan fingerprint density at radius 2 is 0.883 bits per heavy atom. The van der Waals surface area contributed by atoms with E-state index in [0.717, 1.165) is 96.3 Å². The summed E-state index contributed by atoms with van der Waals surface area (Å²) in [4.78, 5) is 36.5. The highest BCUT2D eigenvalue weighted by Crippen LogP contribution is 2.18. The minimum absolute atomic E-state index is 0.0407. The first-order chi connectivity index (χ1) is 29.4. The van der Waals surface area contributed by atoms with E-state index < -0.39 is 12.0 Å². The molecule has 1 amide bonds.